The van der Waals surface area contributed by atoms with Crippen LogP contribution in [0.3, 0.4) is 0 Å². The Kier molecular flexibility index (Phi) is 6.59. The van der Waals surface area contributed by atoms with Crippen LogP contribution in [0.5, 0.6) is 0 Å². The lowest BCUT2D eigenvalue weighted by Crippen LogP contribution is -2.39. The second kappa shape index (κ2) is 8.67. The van der Waals surface area contributed by atoms with Gasteiger partial charge in [0.2, 0.25) is 0 Å². The quantitative estimate of drug-likeness (QED) is 0.646. The smallest absolute Gasteiger partial charge is 0.337 e. The molecular weight excluding hydrogens is 292 g/mol. The highest BCUT2D eigenvalue weighted by atomic mass is 16.5. The molecule has 1 heterocycles. The van der Waals surface area contributed by atoms with Crippen molar-refractivity contribution in [3.05, 3.63) is 35.4 Å². The van der Waals surface area contributed by atoms with E-state index < -0.39 is 5.97 Å². The number of esters is 1. The summed E-state index contributed by atoms with van der Waals surface area (Å²) in [5.74, 6) is -0.499. The van der Waals surface area contributed by atoms with E-state index in [1.54, 1.807) is 24.3 Å². The van der Waals surface area contributed by atoms with Gasteiger partial charge in [0.05, 0.1) is 12.7 Å². The standard InChI is InChI=1S/C18H26N2O3/c1-14-6-3-4-12-20(14)13-5-11-19-17(21)15-7-9-16(10-8-15)18(22)23-2/h7-10,14H,3-6,11-13H2,1-2H3,(H,19,21)/t14-/m0/s1. The van der Waals surface area contributed by atoms with Gasteiger partial charge in [0, 0.05) is 24.7 Å². The number of hydrogen-bond acceptors (Lipinski definition) is 4. The van der Waals surface area contributed by atoms with Crippen LogP contribution >= 0.6 is 0 Å². The van der Waals surface area contributed by atoms with Crippen LogP contribution in [0, 0.1) is 0 Å². The lowest BCUT2D eigenvalue weighted by molar-refractivity contribution is 0.0600. The van der Waals surface area contributed by atoms with Crippen LogP contribution in [0.25, 0.3) is 0 Å². The largest absolute Gasteiger partial charge is 0.465 e. The second-order valence-corrected chi connectivity index (χ2v) is 6.06. The first-order chi connectivity index (χ1) is 11.1. The van der Waals surface area contributed by atoms with Gasteiger partial charge in [0.15, 0.2) is 0 Å². The summed E-state index contributed by atoms with van der Waals surface area (Å²) in [6.45, 7) is 5.15. The van der Waals surface area contributed by atoms with Crippen LogP contribution in [0.1, 0.15) is 53.3 Å². The topological polar surface area (TPSA) is 58.6 Å². The normalized spacial score (nSPS) is 18.4. The van der Waals surface area contributed by atoms with E-state index >= 15 is 0 Å². The number of methoxy groups -OCH3 is 1. The van der Waals surface area contributed by atoms with Crippen molar-refractivity contribution in [2.24, 2.45) is 0 Å². The van der Waals surface area contributed by atoms with Gasteiger partial charge in [-0.15, -0.1) is 0 Å². The first kappa shape index (κ1) is 17.5. The second-order valence-electron chi connectivity index (χ2n) is 6.06. The number of piperidine rings is 1. The van der Waals surface area contributed by atoms with E-state index in [-0.39, 0.29) is 5.91 Å². The third kappa shape index (κ3) is 5.06. The number of nitrogens with one attached hydrogen (secondary N) is 1. The summed E-state index contributed by atoms with van der Waals surface area (Å²) in [6.07, 6.45) is 4.84. The fourth-order valence-corrected chi connectivity index (χ4v) is 2.95. The summed E-state index contributed by atoms with van der Waals surface area (Å²) in [7, 11) is 1.34. The van der Waals surface area contributed by atoms with Gasteiger partial charge in [-0.3, -0.25) is 4.79 Å². The van der Waals surface area contributed by atoms with E-state index in [2.05, 4.69) is 21.9 Å². The Bertz CT molecular complexity index is 528. The third-order valence-corrected chi connectivity index (χ3v) is 4.42. The molecule has 0 aromatic heterocycles. The minimum atomic E-state index is -0.396. The van der Waals surface area contributed by atoms with E-state index in [1.165, 1.54) is 32.9 Å². The van der Waals surface area contributed by atoms with Crippen molar-refractivity contribution >= 4 is 11.9 Å². The molecule has 1 aliphatic heterocycles. The van der Waals surface area contributed by atoms with Crippen molar-refractivity contribution in [1.29, 1.82) is 0 Å². The first-order valence-corrected chi connectivity index (χ1v) is 8.32. The zero-order valence-electron chi connectivity index (χ0n) is 14.0. The third-order valence-electron chi connectivity index (χ3n) is 4.42. The molecule has 1 aromatic rings. The molecule has 126 valence electrons. The molecule has 5 heteroatoms. The van der Waals surface area contributed by atoms with Gasteiger partial charge in [-0.25, -0.2) is 4.79 Å². The first-order valence-electron chi connectivity index (χ1n) is 8.32. The molecule has 1 amide bonds. The lowest BCUT2D eigenvalue weighted by Gasteiger charge is -2.33. The number of likely N-dealkylation sites (tertiary alicyclic amines) is 1. The number of rotatable bonds is 6. The van der Waals surface area contributed by atoms with E-state index in [0.29, 0.717) is 23.7 Å². The average Bonchev–Trinajstić information content (AvgIpc) is 2.59. The molecule has 1 saturated heterocycles. The highest BCUT2D eigenvalue weighted by Crippen LogP contribution is 2.16. The fourth-order valence-electron chi connectivity index (χ4n) is 2.95. The monoisotopic (exact) mass is 318 g/mol. The summed E-state index contributed by atoms with van der Waals surface area (Å²) in [5.41, 5.74) is 1.01. The van der Waals surface area contributed by atoms with Crippen LogP contribution in [-0.2, 0) is 4.74 Å². The summed E-state index contributed by atoms with van der Waals surface area (Å²) in [4.78, 5) is 25.9. The maximum atomic E-state index is 12.1. The molecule has 1 atom stereocenters. The molecule has 2 rings (SSSR count). The van der Waals surface area contributed by atoms with Gasteiger partial charge in [0.25, 0.3) is 5.91 Å². The number of amides is 1. The number of nitrogens with zero attached hydrogens (tertiary/aromatic N) is 1. The van der Waals surface area contributed by atoms with E-state index in [9.17, 15) is 9.59 Å². The summed E-state index contributed by atoms with van der Waals surface area (Å²) in [6, 6.07) is 7.17. The van der Waals surface area contributed by atoms with Gasteiger partial charge in [-0.05, 0) is 57.0 Å². The molecule has 23 heavy (non-hydrogen) atoms. The number of ether oxygens (including phenoxy) is 1. The molecule has 1 aliphatic rings. The molecule has 1 fully saturated rings. The van der Waals surface area contributed by atoms with E-state index in [1.807, 2.05) is 0 Å². The Labute approximate surface area is 138 Å². The van der Waals surface area contributed by atoms with E-state index in [0.717, 1.165) is 13.0 Å². The fraction of sp³-hybridized carbons (Fsp3) is 0.556. The molecule has 0 spiro atoms. The Balaban J connectivity index is 1.73. The molecule has 0 aliphatic carbocycles. The van der Waals surface area contributed by atoms with Crippen molar-refractivity contribution in [2.75, 3.05) is 26.7 Å². The molecule has 1 N–H and O–H groups in total. The van der Waals surface area contributed by atoms with Crippen molar-refractivity contribution < 1.29 is 14.3 Å². The molecule has 0 bridgehead atoms. The molecule has 1 aromatic carbocycles. The molecule has 0 unspecified atom stereocenters. The summed E-state index contributed by atoms with van der Waals surface area (Å²) < 4.78 is 4.64. The van der Waals surface area contributed by atoms with Gasteiger partial charge >= 0.3 is 5.97 Å². The van der Waals surface area contributed by atoms with Crippen molar-refractivity contribution in [2.45, 2.75) is 38.6 Å². The Morgan fingerprint density at radius 1 is 1.22 bits per heavy atom. The van der Waals surface area contributed by atoms with Crippen molar-refractivity contribution in [3.63, 3.8) is 0 Å². The van der Waals surface area contributed by atoms with Crippen LogP contribution in [0.4, 0.5) is 0 Å². The average molecular weight is 318 g/mol. The molecule has 5 nitrogen and oxygen atoms in total. The minimum Gasteiger partial charge on any atom is -0.465 e. The molecular formula is C18H26N2O3. The predicted octanol–water partition coefficient (Wildman–Crippen LogP) is 2.47. The van der Waals surface area contributed by atoms with Gasteiger partial charge in [0.1, 0.15) is 0 Å². The van der Waals surface area contributed by atoms with Gasteiger partial charge in [-0.2, -0.15) is 0 Å². The van der Waals surface area contributed by atoms with Gasteiger partial charge < -0.3 is 15.0 Å². The predicted molar refractivity (Wildman–Crippen MR) is 89.6 cm³/mol. The van der Waals surface area contributed by atoms with Crippen LogP contribution in [-0.4, -0.2) is 49.6 Å². The molecule has 0 radical (unpaired) electrons. The maximum Gasteiger partial charge on any atom is 0.337 e. The highest BCUT2D eigenvalue weighted by molar-refractivity contribution is 5.96. The maximum absolute atomic E-state index is 12.1. The number of hydrogen-bond donors (Lipinski definition) is 1. The Hall–Kier alpha value is -1.88. The number of carbonyl (C=O) groups excluding carboxylic acids is 2. The molecule has 0 saturated carbocycles. The van der Waals surface area contributed by atoms with Crippen LogP contribution in [0.2, 0.25) is 0 Å². The minimum absolute atomic E-state index is 0.104. The van der Waals surface area contributed by atoms with Gasteiger partial charge in [-0.1, -0.05) is 6.42 Å². The zero-order valence-corrected chi connectivity index (χ0v) is 14.0. The van der Waals surface area contributed by atoms with Crippen LogP contribution < -0.4 is 5.32 Å². The number of carbonyl (C=O) groups is 2. The van der Waals surface area contributed by atoms with Crippen molar-refractivity contribution in [1.82, 2.24) is 10.2 Å². The zero-order chi connectivity index (χ0) is 16.7. The van der Waals surface area contributed by atoms with Crippen molar-refractivity contribution in [3.8, 4) is 0 Å². The Morgan fingerprint density at radius 2 is 1.91 bits per heavy atom. The van der Waals surface area contributed by atoms with Crippen LogP contribution in [0.15, 0.2) is 24.3 Å². The highest BCUT2D eigenvalue weighted by Gasteiger charge is 2.17. The summed E-state index contributed by atoms with van der Waals surface area (Å²) in [5, 5.41) is 2.93. The lowest BCUT2D eigenvalue weighted by atomic mass is 10.0. The summed E-state index contributed by atoms with van der Waals surface area (Å²) >= 11 is 0. The SMILES string of the molecule is COC(=O)c1ccc(C(=O)NCCCN2CCCC[C@@H]2C)cc1. The number of benzene rings is 1. The Morgan fingerprint density at radius 3 is 2.57 bits per heavy atom. The van der Waals surface area contributed by atoms with E-state index in [4.69, 9.17) is 0 Å².